The quantitative estimate of drug-likeness (QED) is 0.502. The van der Waals surface area contributed by atoms with Gasteiger partial charge in [0.15, 0.2) is 5.78 Å². The normalized spacial score (nSPS) is 10.8. The molecule has 0 bridgehead atoms. The molecular formula is C20H19NO4. The maximum Gasteiger partial charge on any atom is 0.361 e. The minimum Gasteiger partial charge on any atom is -0.461 e. The minimum atomic E-state index is -0.631. The number of aryl methyl sites for hydroxylation is 2. The third kappa shape index (κ3) is 3.60. The lowest BCUT2D eigenvalue weighted by Gasteiger charge is -2.04. The zero-order valence-electron chi connectivity index (χ0n) is 14.2. The van der Waals surface area contributed by atoms with Crippen LogP contribution in [0.3, 0.4) is 0 Å². The van der Waals surface area contributed by atoms with Gasteiger partial charge in [0.05, 0.1) is 12.2 Å². The highest BCUT2D eigenvalue weighted by atomic mass is 16.5. The molecule has 0 N–H and O–H groups in total. The van der Waals surface area contributed by atoms with Crippen LogP contribution in [0.1, 0.15) is 46.0 Å². The number of rotatable bonds is 6. The summed E-state index contributed by atoms with van der Waals surface area (Å²) in [6.45, 7) is 3.32. The van der Waals surface area contributed by atoms with E-state index in [0.717, 1.165) is 10.9 Å². The third-order valence-electron chi connectivity index (χ3n) is 4.04. The highest BCUT2D eigenvalue weighted by molar-refractivity contribution is 6.04. The largest absolute Gasteiger partial charge is 0.461 e. The summed E-state index contributed by atoms with van der Waals surface area (Å²) in [6.07, 6.45) is 1.17. The third-order valence-corrected chi connectivity index (χ3v) is 4.04. The zero-order chi connectivity index (χ0) is 17.8. The van der Waals surface area contributed by atoms with Crippen molar-refractivity contribution in [3.63, 3.8) is 0 Å². The van der Waals surface area contributed by atoms with Crippen LogP contribution in [0.4, 0.5) is 0 Å². The monoisotopic (exact) mass is 337 g/mol. The standard InChI is InChI=1S/C20H19NO4/c1-3-24-20(23)19-18(13(2)22)17(25-21-19)11-9-14-8-10-15-6-4-5-7-16(15)12-14/h4-8,10,12H,3,9,11H2,1-2H3. The van der Waals surface area contributed by atoms with Gasteiger partial charge in [-0.3, -0.25) is 4.79 Å². The Morgan fingerprint density at radius 2 is 1.84 bits per heavy atom. The first kappa shape index (κ1) is 16.9. The second kappa shape index (κ2) is 7.30. The number of ether oxygens (including phenoxy) is 1. The van der Waals surface area contributed by atoms with Crippen molar-refractivity contribution in [3.8, 4) is 0 Å². The van der Waals surface area contributed by atoms with E-state index < -0.39 is 5.97 Å². The molecule has 0 radical (unpaired) electrons. The summed E-state index contributed by atoms with van der Waals surface area (Å²) in [7, 11) is 0. The molecule has 0 spiro atoms. The van der Waals surface area contributed by atoms with Gasteiger partial charge < -0.3 is 9.26 Å². The van der Waals surface area contributed by atoms with E-state index in [0.29, 0.717) is 18.6 Å². The van der Waals surface area contributed by atoms with Crippen molar-refractivity contribution in [2.45, 2.75) is 26.7 Å². The Balaban J connectivity index is 1.82. The first-order valence-electron chi connectivity index (χ1n) is 8.24. The average molecular weight is 337 g/mol. The van der Waals surface area contributed by atoms with Crippen LogP contribution in [-0.4, -0.2) is 23.5 Å². The van der Waals surface area contributed by atoms with Gasteiger partial charge in [0.25, 0.3) is 0 Å². The van der Waals surface area contributed by atoms with E-state index in [9.17, 15) is 9.59 Å². The Kier molecular flexibility index (Phi) is 4.93. The molecule has 128 valence electrons. The van der Waals surface area contributed by atoms with Gasteiger partial charge in [-0.05, 0) is 36.6 Å². The van der Waals surface area contributed by atoms with Crippen molar-refractivity contribution in [2.24, 2.45) is 0 Å². The maximum atomic E-state index is 11.9. The van der Waals surface area contributed by atoms with Gasteiger partial charge in [-0.1, -0.05) is 47.6 Å². The van der Waals surface area contributed by atoms with Crippen molar-refractivity contribution >= 4 is 22.5 Å². The van der Waals surface area contributed by atoms with E-state index in [2.05, 4.69) is 35.5 Å². The van der Waals surface area contributed by atoms with Crippen LogP contribution < -0.4 is 0 Å². The van der Waals surface area contributed by atoms with E-state index in [-0.39, 0.29) is 23.6 Å². The summed E-state index contributed by atoms with van der Waals surface area (Å²) in [5.74, 6) is -0.463. The fourth-order valence-electron chi connectivity index (χ4n) is 2.85. The van der Waals surface area contributed by atoms with Crippen molar-refractivity contribution in [1.82, 2.24) is 5.16 Å². The van der Waals surface area contributed by atoms with Crippen LogP contribution in [0.5, 0.6) is 0 Å². The fraction of sp³-hybridized carbons (Fsp3) is 0.250. The molecule has 0 aliphatic rings. The molecule has 0 saturated carbocycles. The molecule has 0 atom stereocenters. The highest BCUT2D eigenvalue weighted by Crippen LogP contribution is 2.21. The van der Waals surface area contributed by atoms with E-state index in [1.807, 2.05) is 12.1 Å². The van der Waals surface area contributed by atoms with Crippen LogP contribution in [0.2, 0.25) is 0 Å². The molecule has 0 amide bonds. The first-order valence-corrected chi connectivity index (χ1v) is 8.24. The number of fused-ring (bicyclic) bond motifs is 1. The number of hydrogen-bond acceptors (Lipinski definition) is 5. The number of Topliss-reactive ketones (excluding diaryl/α,β-unsaturated/α-hetero) is 1. The molecule has 1 heterocycles. The van der Waals surface area contributed by atoms with Crippen molar-refractivity contribution in [3.05, 3.63) is 65.0 Å². The van der Waals surface area contributed by atoms with Crippen molar-refractivity contribution in [1.29, 1.82) is 0 Å². The second-order valence-electron chi connectivity index (χ2n) is 5.79. The van der Waals surface area contributed by atoms with E-state index >= 15 is 0 Å². The number of carbonyl (C=O) groups excluding carboxylic acids is 2. The van der Waals surface area contributed by atoms with Gasteiger partial charge in [-0.15, -0.1) is 0 Å². The zero-order valence-corrected chi connectivity index (χ0v) is 14.2. The second-order valence-corrected chi connectivity index (χ2v) is 5.79. The topological polar surface area (TPSA) is 69.4 Å². The lowest BCUT2D eigenvalue weighted by atomic mass is 10.0. The van der Waals surface area contributed by atoms with Gasteiger partial charge >= 0.3 is 5.97 Å². The Bertz CT molecular complexity index is 926. The fourth-order valence-corrected chi connectivity index (χ4v) is 2.85. The average Bonchev–Trinajstić information content (AvgIpc) is 3.04. The number of ketones is 1. The molecule has 5 nitrogen and oxygen atoms in total. The Labute approximate surface area is 145 Å². The Morgan fingerprint density at radius 1 is 1.08 bits per heavy atom. The lowest BCUT2D eigenvalue weighted by Crippen LogP contribution is -2.11. The molecule has 0 fully saturated rings. The number of esters is 1. The van der Waals surface area contributed by atoms with Crippen LogP contribution >= 0.6 is 0 Å². The number of nitrogens with zero attached hydrogens (tertiary/aromatic N) is 1. The smallest absolute Gasteiger partial charge is 0.361 e. The Hall–Kier alpha value is -2.95. The maximum absolute atomic E-state index is 11.9. The van der Waals surface area contributed by atoms with Crippen molar-refractivity contribution < 1.29 is 18.8 Å². The lowest BCUT2D eigenvalue weighted by molar-refractivity contribution is 0.0512. The molecule has 1 aromatic heterocycles. The number of aromatic nitrogens is 1. The van der Waals surface area contributed by atoms with Crippen LogP contribution in [0.25, 0.3) is 10.8 Å². The summed E-state index contributed by atoms with van der Waals surface area (Å²) in [6, 6.07) is 14.4. The molecule has 25 heavy (non-hydrogen) atoms. The van der Waals surface area contributed by atoms with Crippen LogP contribution in [-0.2, 0) is 17.6 Å². The number of carbonyl (C=O) groups is 2. The summed E-state index contributed by atoms with van der Waals surface area (Å²) < 4.78 is 10.2. The minimum absolute atomic E-state index is 0.0390. The van der Waals surface area contributed by atoms with Crippen molar-refractivity contribution in [2.75, 3.05) is 6.61 Å². The summed E-state index contributed by atoms with van der Waals surface area (Å²) in [5, 5.41) is 6.09. The first-order chi connectivity index (χ1) is 12.1. The van der Waals surface area contributed by atoms with E-state index in [4.69, 9.17) is 9.26 Å². The highest BCUT2D eigenvalue weighted by Gasteiger charge is 2.25. The van der Waals surface area contributed by atoms with Gasteiger partial charge in [0.1, 0.15) is 5.76 Å². The van der Waals surface area contributed by atoms with E-state index in [1.54, 1.807) is 6.92 Å². The molecule has 3 aromatic rings. The molecule has 0 aliphatic heterocycles. The molecule has 3 rings (SSSR count). The predicted octanol–water partition coefficient (Wildman–Crippen LogP) is 3.99. The molecule has 2 aromatic carbocycles. The summed E-state index contributed by atoms with van der Waals surface area (Å²) in [5.41, 5.74) is 1.31. The van der Waals surface area contributed by atoms with Gasteiger partial charge in [0.2, 0.25) is 5.69 Å². The molecule has 0 saturated heterocycles. The molecule has 0 unspecified atom stereocenters. The van der Waals surface area contributed by atoms with E-state index in [1.165, 1.54) is 12.3 Å². The van der Waals surface area contributed by atoms with Gasteiger partial charge in [-0.2, -0.15) is 0 Å². The number of benzene rings is 2. The molecule has 0 aliphatic carbocycles. The molecular weight excluding hydrogens is 318 g/mol. The Morgan fingerprint density at radius 3 is 2.56 bits per heavy atom. The summed E-state index contributed by atoms with van der Waals surface area (Å²) in [4.78, 5) is 23.8. The van der Waals surface area contributed by atoms with Gasteiger partial charge in [0, 0.05) is 6.42 Å². The number of hydrogen-bond donors (Lipinski definition) is 0. The van der Waals surface area contributed by atoms with Crippen LogP contribution in [0.15, 0.2) is 47.0 Å². The predicted molar refractivity (Wildman–Crippen MR) is 93.8 cm³/mol. The van der Waals surface area contributed by atoms with Crippen LogP contribution in [0, 0.1) is 0 Å². The SMILES string of the molecule is CCOC(=O)c1noc(CCc2ccc3ccccc3c2)c1C(C)=O. The van der Waals surface area contributed by atoms with Gasteiger partial charge in [-0.25, -0.2) is 4.79 Å². The summed E-state index contributed by atoms with van der Waals surface area (Å²) >= 11 is 0. The molecule has 5 heteroatoms.